The Morgan fingerprint density at radius 2 is 2.19 bits per heavy atom. The van der Waals surface area contributed by atoms with Crippen LogP contribution in [0.1, 0.15) is 25.0 Å². The molecule has 1 aromatic rings. The van der Waals surface area contributed by atoms with Crippen LogP contribution in [-0.2, 0) is 5.75 Å². The maximum Gasteiger partial charge on any atom is 0.170 e. The van der Waals surface area contributed by atoms with Gasteiger partial charge in [0.05, 0.1) is 0 Å². The first kappa shape index (κ1) is 12.8. The third-order valence-corrected chi connectivity index (χ3v) is 3.11. The molecule has 88 valence electrons. The highest BCUT2D eigenvalue weighted by Crippen LogP contribution is 2.19. The minimum absolute atomic E-state index is 0.0738. The van der Waals surface area contributed by atoms with Crippen LogP contribution in [0.2, 0.25) is 0 Å². The summed E-state index contributed by atoms with van der Waals surface area (Å²) in [6.07, 6.45) is 0. The molecule has 0 amide bonds. The smallest absolute Gasteiger partial charge is 0.170 e. The van der Waals surface area contributed by atoms with Crippen molar-refractivity contribution in [2.24, 2.45) is 10.9 Å². The Bertz CT molecular complexity index is 394. The molecule has 0 bridgehead atoms. The predicted molar refractivity (Wildman–Crippen MR) is 65.3 cm³/mol. The van der Waals surface area contributed by atoms with Gasteiger partial charge in [-0.2, -0.15) is 11.8 Å². The van der Waals surface area contributed by atoms with Gasteiger partial charge in [0.1, 0.15) is 5.82 Å². The van der Waals surface area contributed by atoms with Crippen LogP contribution < -0.4 is 5.73 Å². The second-order valence-electron chi connectivity index (χ2n) is 3.69. The lowest BCUT2D eigenvalue weighted by molar-refractivity contribution is 0.318. The maximum atomic E-state index is 13.2. The topological polar surface area (TPSA) is 58.6 Å². The molecule has 0 saturated heterocycles. The fraction of sp³-hybridized carbons (Fsp3) is 0.364. The molecular formula is C11H15FN2OS. The van der Waals surface area contributed by atoms with Gasteiger partial charge in [-0.15, -0.1) is 0 Å². The van der Waals surface area contributed by atoms with E-state index in [1.165, 1.54) is 12.1 Å². The fourth-order valence-corrected chi connectivity index (χ4v) is 1.89. The second kappa shape index (κ2) is 5.75. The number of oxime groups is 1. The molecule has 3 nitrogen and oxygen atoms in total. The Balaban J connectivity index is 2.90. The number of benzene rings is 1. The van der Waals surface area contributed by atoms with Crippen LogP contribution in [0, 0.1) is 5.82 Å². The van der Waals surface area contributed by atoms with Crippen molar-refractivity contribution in [3.63, 3.8) is 0 Å². The molecule has 0 unspecified atom stereocenters. The van der Waals surface area contributed by atoms with Crippen LogP contribution in [0.5, 0.6) is 0 Å². The van der Waals surface area contributed by atoms with Gasteiger partial charge in [-0.1, -0.05) is 19.0 Å². The van der Waals surface area contributed by atoms with Gasteiger partial charge in [-0.05, 0) is 29.0 Å². The first-order chi connectivity index (χ1) is 7.52. The molecule has 0 aromatic heterocycles. The highest BCUT2D eigenvalue weighted by atomic mass is 32.2. The van der Waals surface area contributed by atoms with Crippen molar-refractivity contribution in [3.8, 4) is 0 Å². The molecule has 0 radical (unpaired) electrons. The molecule has 5 heteroatoms. The lowest BCUT2D eigenvalue weighted by Gasteiger charge is -2.07. The first-order valence-corrected chi connectivity index (χ1v) is 5.96. The van der Waals surface area contributed by atoms with Crippen molar-refractivity contribution in [2.75, 3.05) is 0 Å². The summed E-state index contributed by atoms with van der Waals surface area (Å²) >= 11 is 1.71. The molecule has 16 heavy (non-hydrogen) atoms. The third kappa shape index (κ3) is 3.73. The first-order valence-electron chi connectivity index (χ1n) is 4.92. The molecule has 0 saturated carbocycles. The van der Waals surface area contributed by atoms with Crippen molar-refractivity contribution < 1.29 is 9.60 Å². The van der Waals surface area contributed by atoms with Crippen molar-refractivity contribution in [2.45, 2.75) is 24.9 Å². The molecule has 1 aromatic carbocycles. The average Bonchev–Trinajstić information content (AvgIpc) is 2.24. The van der Waals surface area contributed by atoms with Gasteiger partial charge in [0, 0.05) is 11.3 Å². The maximum absolute atomic E-state index is 13.2. The minimum Gasteiger partial charge on any atom is -0.409 e. The largest absolute Gasteiger partial charge is 0.409 e. The summed E-state index contributed by atoms with van der Waals surface area (Å²) < 4.78 is 13.2. The summed E-state index contributed by atoms with van der Waals surface area (Å²) in [5.41, 5.74) is 6.65. The highest BCUT2D eigenvalue weighted by Gasteiger charge is 2.05. The van der Waals surface area contributed by atoms with Crippen molar-refractivity contribution >= 4 is 17.6 Å². The minimum atomic E-state index is -0.372. The number of amidine groups is 1. The molecule has 0 aliphatic heterocycles. The molecule has 0 spiro atoms. The van der Waals surface area contributed by atoms with Gasteiger partial charge >= 0.3 is 0 Å². The number of hydrogen-bond acceptors (Lipinski definition) is 3. The van der Waals surface area contributed by atoms with Gasteiger partial charge in [-0.3, -0.25) is 0 Å². The quantitative estimate of drug-likeness (QED) is 0.369. The van der Waals surface area contributed by atoms with E-state index in [2.05, 4.69) is 19.0 Å². The molecular weight excluding hydrogens is 227 g/mol. The Kier molecular flexibility index (Phi) is 4.61. The highest BCUT2D eigenvalue weighted by molar-refractivity contribution is 7.99. The number of nitrogens with two attached hydrogens (primary N) is 1. The van der Waals surface area contributed by atoms with Gasteiger partial charge in [0.2, 0.25) is 0 Å². The van der Waals surface area contributed by atoms with E-state index in [1.807, 2.05) is 0 Å². The molecule has 0 aliphatic rings. The number of rotatable bonds is 4. The van der Waals surface area contributed by atoms with Crippen LogP contribution in [0.4, 0.5) is 4.39 Å². The van der Waals surface area contributed by atoms with E-state index in [9.17, 15) is 4.39 Å². The number of hydrogen-bond donors (Lipinski definition) is 2. The van der Waals surface area contributed by atoms with E-state index in [0.717, 1.165) is 5.56 Å². The Morgan fingerprint density at radius 3 is 2.75 bits per heavy atom. The Labute approximate surface area is 98.5 Å². The van der Waals surface area contributed by atoms with E-state index in [0.29, 0.717) is 16.6 Å². The normalized spacial score (nSPS) is 12.1. The SMILES string of the molecule is CC(C)SCc1cc(F)cc(/C(N)=N/O)c1. The van der Waals surface area contributed by atoms with Crippen LogP contribution in [0.25, 0.3) is 0 Å². The van der Waals surface area contributed by atoms with Crippen LogP contribution >= 0.6 is 11.8 Å². The number of thioether (sulfide) groups is 1. The zero-order valence-corrected chi connectivity index (χ0v) is 10.1. The Morgan fingerprint density at radius 1 is 1.50 bits per heavy atom. The summed E-state index contributed by atoms with van der Waals surface area (Å²) in [7, 11) is 0. The van der Waals surface area contributed by atoms with Crippen LogP contribution in [-0.4, -0.2) is 16.3 Å². The predicted octanol–water partition coefficient (Wildman–Crippen LogP) is 2.56. The van der Waals surface area contributed by atoms with Gasteiger partial charge < -0.3 is 10.9 Å². The van der Waals surface area contributed by atoms with Crippen molar-refractivity contribution in [1.29, 1.82) is 0 Å². The summed E-state index contributed by atoms with van der Waals surface area (Å²) in [5.74, 6) is 0.264. The van der Waals surface area contributed by atoms with E-state index >= 15 is 0 Å². The monoisotopic (exact) mass is 242 g/mol. The fourth-order valence-electron chi connectivity index (χ4n) is 1.20. The molecule has 0 heterocycles. The Hall–Kier alpha value is -1.23. The summed E-state index contributed by atoms with van der Waals surface area (Å²) in [6.45, 7) is 4.16. The average molecular weight is 242 g/mol. The van der Waals surface area contributed by atoms with Crippen molar-refractivity contribution in [3.05, 3.63) is 35.1 Å². The second-order valence-corrected chi connectivity index (χ2v) is 5.26. The van der Waals surface area contributed by atoms with E-state index in [-0.39, 0.29) is 11.7 Å². The van der Waals surface area contributed by atoms with Crippen LogP contribution in [0.15, 0.2) is 23.4 Å². The molecule has 1 rings (SSSR count). The summed E-state index contributed by atoms with van der Waals surface area (Å²) in [4.78, 5) is 0. The van der Waals surface area contributed by atoms with Crippen LogP contribution in [0.3, 0.4) is 0 Å². The number of nitrogens with zero attached hydrogens (tertiary/aromatic N) is 1. The van der Waals surface area contributed by atoms with E-state index in [4.69, 9.17) is 10.9 Å². The third-order valence-electron chi connectivity index (χ3n) is 1.94. The number of halogens is 1. The van der Waals surface area contributed by atoms with Crippen molar-refractivity contribution in [1.82, 2.24) is 0 Å². The molecule has 3 N–H and O–H groups in total. The van der Waals surface area contributed by atoms with Gasteiger partial charge in [-0.25, -0.2) is 4.39 Å². The summed E-state index contributed by atoms with van der Waals surface area (Å²) in [5, 5.41) is 11.9. The molecule has 0 aliphatic carbocycles. The zero-order chi connectivity index (χ0) is 12.1. The summed E-state index contributed by atoms with van der Waals surface area (Å²) in [6, 6.07) is 4.44. The van der Waals surface area contributed by atoms with Gasteiger partial charge in [0.25, 0.3) is 0 Å². The van der Waals surface area contributed by atoms with E-state index < -0.39 is 0 Å². The van der Waals surface area contributed by atoms with E-state index in [1.54, 1.807) is 17.8 Å². The zero-order valence-electron chi connectivity index (χ0n) is 9.27. The molecule has 0 fully saturated rings. The lowest BCUT2D eigenvalue weighted by Crippen LogP contribution is -2.13. The molecule has 0 atom stereocenters. The lowest BCUT2D eigenvalue weighted by atomic mass is 10.1. The standard InChI is InChI=1S/C11H15FN2OS/c1-7(2)16-6-8-3-9(11(13)14-15)5-10(12)4-8/h3-5,7,15H,6H2,1-2H3,(H2,13,14). The van der Waals surface area contributed by atoms with Gasteiger partial charge in [0.15, 0.2) is 5.84 Å².